The van der Waals surface area contributed by atoms with Crippen molar-refractivity contribution in [3.63, 3.8) is 0 Å². The molecule has 0 fully saturated rings. The van der Waals surface area contributed by atoms with Gasteiger partial charge in [0.05, 0.1) is 0 Å². The molecule has 0 aliphatic rings. The van der Waals surface area contributed by atoms with Gasteiger partial charge in [-0.3, -0.25) is 0 Å². The number of hydrogen-bond acceptors (Lipinski definition) is 3. The fourth-order valence-corrected chi connectivity index (χ4v) is 4.08. The minimum absolute atomic E-state index is 0.0259. The molecule has 0 atom stereocenters. The molecule has 1 aromatic carbocycles. The maximum atomic E-state index is 13.3. The van der Waals surface area contributed by atoms with E-state index in [1.54, 1.807) is 10.9 Å². The predicted octanol–water partition coefficient (Wildman–Crippen LogP) is 2.24. The SMILES string of the molecule is CS(=O)(=O)c1cc(C(F)(F)F)c2ccn(Cc3c[n]([Tl])cn3)c2c1. The molecular formula is C14H11F3N3O2STl. The first-order chi connectivity index (χ1) is 11.1. The summed E-state index contributed by atoms with van der Waals surface area (Å²) in [6, 6.07) is 3.32. The molecule has 10 heteroatoms. The van der Waals surface area contributed by atoms with E-state index in [1.165, 1.54) is 18.3 Å². The number of imidazole rings is 1. The third kappa shape index (κ3) is 3.36. The van der Waals surface area contributed by atoms with Crippen LogP contribution in [0.3, 0.4) is 0 Å². The van der Waals surface area contributed by atoms with Gasteiger partial charge in [-0.15, -0.1) is 0 Å². The molecule has 124 valence electrons. The standard InChI is InChI=1S/C14H11F3N3O2S.Tl/c1-23(21,22)10-4-12(14(15,16)17)11-2-3-20(13(11)5-10)7-9-6-18-8-19-9;/h2-6,8H,7H2,1H3;/q-1;+1. The van der Waals surface area contributed by atoms with Crippen LogP contribution in [0.4, 0.5) is 13.2 Å². The van der Waals surface area contributed by atoms with Crippen molar-refractivity contribution in [1.82, 2.24) is 11.9 Å². The topological polar surface area (TPSA) is 56.9 Å². The van der Waals surface area contributed by atoms with E-state index in [2.05, 4.69) is 4.98 Å². The van der Waals surface area contributed by atoms with Crippen molar-refractivity contribution in [2.24, 2.45) is 0 Å². The number of aromatic nitrogens is 3. The second kappa shape index (κ2) is 5.86. The van der Waals surface area contributed by atoms with E-state index in [4.69, 9.17) is 0 Å². The van der Waals surface area contributed by atoms with Crippen molar-refractivity contribution in [2.75, 3.05) is 6.26 Å². The van der Waals surface area contributed by atoms with Crippen LogP contribution >= 0.6 is 0 Å². The first kappa shape index (κ1) is 17.5. The van der Waals surface area contributed by atoms with Crippen molar-refractivity contribution in [1.29, 1.82) is 0 Å². The fourth-order valence-electron chi connectivity index (χ4n) is 2.49. The average molecular weight is 547 g/mol. The Labute approximate surface area is 152 Å². The maximum absolute atomic E-state index is 13.3. The van der Waals surface area contributed by atoms with Crippen molar-refractivity contribution in [3.05, 3.63) is 48.2 Å². The Bertz CT molecular complexity index is 1020. The van der Waals surface area contributed by atoms with Crippen LogP contribution in [0.25, 0.3) is 10.9 Å². The Hall–Kier alpha value is -1.37. The summed E-state index contributed by atoms with van der Waals surface area (Å²) in [4.78, 5) is 3.83. The summed E-state index contributed by atoms with van der Waals surface area (Å²) in [5.41, 5.74) is -0.0296. The van der Waals surface area contributed by atoms with Gasteiger partial charge in [-0.2, -0.15) is 0 Å². The molecule has 0 aliphatic carbocycles. The Morgan fingerprint density at radius 1 is 1.29 bits per heavy atom. The molecule has 3 aromatic rings. The Morgan fingerprint density at radius 2 is 2.00 bits per heavy atom. The minimum atomic E-state index is -4.64. The molecule has 5 nitrogen and oxygen atoms in total. The van der Waals surface area contributed by atoms with E-state index < -0.39 is 21.6 Å². The molecule has 0 amide bonds. The zero-order chi connectivity index (χ0) is 17.7. The van der Waals surface area contributed by atoms with Crippen molar-refractivity contribution in [2.45, 2.75) is 17.6 Å². The zero-order valence-corrected chi connectivity index (χ0v) is 17.8. The van der Waals surface area contributed by atoms with Gasteiger partial charge in [0.15, 0.2) is 0 Å². The summed E-state index contributed by atoms with van der Waals surface area (Å²) in [5.74, 6) is 0. The molecule has 0 aliphatic heterocycles. The van der Waals surface area contributed by atoms with E-state index in [0.29, 0.717) is 37.8 Å². The van der Waals surface area contributed by atoms with Crippen LogP contribution in [0, 0.1) is 0 Å². The number of nitrogens with zero attached hydrogens (tertiary/aromatic N) is 3. The second-order valence-electron chi connectivity index (χ2n) is 5.43. The first-order valence-corrected chi connectivity index (χ1v) is 10.6. The summed E-state index contributed by atoms with van der Waals surface area (Å²) in [6.07, 6.45) is 1.26. The number of fused-ring (bicyclic) bond motifs is 1. The van der Waals surface area contributed by atoms with Crippen LogP contribution in [0.5, 0.6) is 0 Å². The molecule has 2 aromatic heterocycles. The third-order valence-corrected chi connectivity index (χ3v) is 5.77. The average Bonchev–Trinajstić information content (AvgIpc) is 3.03. The van der Waals surface area contributed by atoms with Gasteiger partial charge in [0.25, 0.3) is 0 Å². The van der Waals surface area contributed by atoms with E-state index in [0.717, 1.165) is 6.26 Å². The molecule has 24 heavy (non-hydrogen) atoms. The van der Waals surface area contributed by atoms with E-state index in [9.17, 15) is 21.6 Å². The number of rotatable bonds is 3. The van der Waals surface area contributed by atoms with Crippen LogP contribution in [0.1, 0.15) is 11.3 Å². The quantitative estimate of drug-likeness (QED) is 0.474. The van der Waals surface area contributed by atoms with Gasteiger partial charge >= 0.3 is 152 Å². The van der Waals surface area contributed by atoms with Crippen molar-refractivity contribution >= 4 is 46.8 Å². The van der Waals surface area contributed by atoms with Gasteiger partial charge in [-0.1, -0.05) is 0 Å². The molecular weight excluding hydrogens is 536 g/mol. The molecule has 0 spiro atoms. The molecule has 2 heterocycles. The predicted molar refractivity (Wildman–Crippen MR) is 82.5 cm³/mol. The van der Waals surface area contributed by atoms with Gasteiger partial charge < -0.3 is 0 Å². The van der Waals surface area contributed by atoms with Gasteiger partial charge in [-0.25, -0.2) is 0 Å². The monoisotopic (exact) mass is 547 g/mol. The normalized spacial score (nSPS) is 12.8. The summed E-state index contributed by atoms with van der Waals surface area (Å²) in [5, 5.41) is -0.0259. The summed E-state index contributed by atoms with van der Waals surface area (Å²) in [7, 11) is -3.77. The molecule has 0 bridgehead atoms. The Balaban J connectivity index is 2.23. The van der Waals surface area contributed by atoms with E-state index in [-0.39, 0.29) is 22.3 Å². The van der Waals surface area contributed by atoms with Crippen LogP contribution in [0.2, 0.25) is 0 Å². The molecule has 0 N–H and O–H groups in total. The molecule has 0 unspecified atom stereocenters. The second-order valence-corrected chi connectivity index (χ2v) is 9.76. The van der Waals surface area contributed by atoms with Crippen LogP contribution in [-0.2, 0) is 22.6 Å². The number of sulfone groups is 1. The number of hydrogen-bond donors (Lipinski definition) is 0. The van der Waals surface area contributed by atoms with Crippen molar-refractivity contribution in [3.8, 4) is 0 Å². The van der Waals surface area contributed by atoms with Crippen molar-refractivity contribution < 1.29 is 21.6 Å². The van der Waals surface area contributed by atoms with E-state index in [1.807, 2.05) is 8.57 Å². The zero-order valence-electron chi connectivity index (χ0n) is 12.4. The molecule has 0 radical (unpaired) electrons. The fraction of sp³-hybridized carbons (Fsp3) is 0.214. The van der Waals surface area contributed by atoms with Crippen LogP contribution in [0.15, 0.2) is 41.8 Å². The number of benzene rings is 1. The number of halogens is 3. The first-order valence-electron chi connectivity index (χ1n) is 6.74. The van der Waals surface area contributed by atoms with Crippen LogP contribution < -0.4 is 0 Å². The van der Waals surface area contributed by atoms with Gasteiger partial charge in [-0.05, 0) is 0 Å². The van der Waals surface area contributed by atoms with Crippen LogP contribution in [-0.4, -0.2) is 52.7 Å². The van der Waals surface area contributed by atoms with Gasteiger partial charge in [0, 0.05) is 0 Å². The summed E-state index contributed by atoms with van der Waals surface area (Å²) >= 11 is 0.548. The Morgan fingerprint density at radius 3 is 2.54 bits per heavy atom. The summed E-state index contributed by atoms with van der Waals surface area (Å²) in [6.45, 7) is 0.272. The number of alkyl halides is 3. The molecule has 3 rings (SSSR count). The molecule has 0 saturated carbocycles. The molecule has 0 saturated heterocycles. The Kier molecular flexibility index (Phi) is 4.26. The van der Waals surface area contributed by atoms with Gasteiger partial charge in [0.1, 0.15) is 0 Å². The summed E-state index contributed by atoms with van der Waals surface area (Å²) < 4.78 is 66.9. The third-order valence-electron chi connectivity index (χ3n) is 3.58. The van der Waals surface area contributed by atoms with E-state index >= 15 is 0 Å². The van der Waals surface area contributed by atoms with Gasteiger partial charge in [0.2, 0.25) is 0 Å².